The van der Waals surface area contributed by atoms with Crippen LogP contribution in [0.25, 0.3) is 0 Å². The fraction of sp³-hybridized carbons (Fsp3) is 0.455. The lowest BCUT2D eigenvalue weighted by molar-refractivity contribution is 0.296. The van der Waals surface area contributed by atoms with E-state index in [1.807, 2.05) is 31.2 Å². The van der Waals surface area contributed by atoms with E-state index in [4.69, 9.17) is 27.9 Å². The van der Waals surface area contributed by atoms with Gasteiger partial charge in [0, 0.05) is 5.92 Å². The van der Waals surface area contributed by atoms with Gasteiger partial charge in [-0.3, -0.25) is 0 Å². The van der Waals surface area contributed by atoms with Crippen molar-refractivity contribution in [1.29, 1.82) is 0 Å². The second kappa shape index (κ2) is 3.63. The fourth-order valence-electron chi connectivity index (χ4n) is 1.36. The first-order valence-electron chi connectivity index (χ1n) is 4.66. The Hall–Kier alpha value is -0.400. The molecular formula is C11H12Cl2O. The lowest BCUT2D eigenvalue weighted by Gasteiger charge is -2.08. The monoisotopic (exact) mass is 230 g/mol. The van der Waals surface area contributed by atoms with Crippen LogP contribution in [0.5, 0.6) is 5.75 Å². The number of aryl methyl sites for hydroxylation is 1. The van der Waals surface area contributed by atoms with Gasteiger partial charge in [-0.1, -0.05) is 18.2 Å². The van der Waals surface area contributed by atoms with Crippen molar-refractivity contribution >= 4 is 23.2 Å². The zero-order valence-corrected chi connectivity index (χ0v) is 9.48. The molecule has 0 N–H and O–H groups in total. The zero-order valence-electron chi connectivity index (χ0n) is 7.97. The largest absolute Gasteiger partial charge is 0.493 e. The quantitative estimate of drug-likeness (QED) is 0.722. The van der Waals surface area contributed by atoms with E-state index in [1.54, 1.807) is 0 Å². The Bertz CT molecular complexity index is 336. The first-order valence-corrected chi connectivity index (χ1v) is 5.41. The van der Waals surface area contributed by atoms with Crippen LogP contribution in [0.4, 0.5) is 0 Å². The molecule has 14 heavy (non-hydrogen) atoms. The fourth-order valence-corrected chi connectivity index (χ4v) is 1.86. The molecule has 1 fully saturated rings. The zero-order chi connectivity index (χ0) is 10.2. The molecule has 0 bridgehead atoms. The number of alkyl halides is 2. The van der Waals surface area contributed by atoms with Gasteiger partial charge in [0.25, 0.3) is 0 Å². The van der Waals surface area contributed by atoms with Crippen molar-refractivity contribution in [2.24, 2.45) is 5.92 Å². The van der Waals surface area contributed by atoms with Gasteiger partial charge in [0.05, 0.1) is 6.61 Å². The highest BCUT2D eigenvalue weighted by Crippen LogP contribution is 2.53. The van der Waals surface area contributed by atoms with Crippen molar-refractivity contribution in [2.75, 3.05) is 6.61 Å². The van der Waals surface area contributed by atoms with Gasteiger partial charge in [-0.15, -0.1) is 23.2 Å². The van der Waals surface area contributed by atoms with Crippen LogP contribution in [0.2, 0.25) is 0 Å². The number of hydrogen-bond donors (Lipinski definition) is 0. The summed E-state index contributed by atoms with van der Waals surface area (Å²) in [5, 5.41) is 0. The van der Waals surface area contributed by atoms with Crippen LogP contribution in [-0.4, -0.2) is 10.9 Å². The Labute approximate surface area is 94.0 Å². The normalized spacial score (nSPS) is 23.2. The molecule has 3 heteroatoms. The topological polar surface area (TPSA) is 9.23 Å². The molecule has 1 aromatic rings. The number of halogens is 2. The van der Waals surface area contributed by atoms with Crippen molar-refractivity contribution in [3.63, 3.8) is 0 Å². The van der Waals surface area contributed by atoms with Crippen LogP contribution in [0, 0.1) is 12.8 Å². The highest BCUT2D eigenvalue weighted by molar-refractivity contribution is 6.50. The number of rotatable bonds is 3. The van der Waals surface area contributed by atoms with E-state index in [0.717, 1.165) is 17.7 Å². The van der Waals surface area contributed by atoms with Crippen LogP contribution >= 0.6 is 23.2 Å². The first kappa shape index (κ1) is 10.1. The average molecular weight is 231 g/mol. The molecule has 0 saturated heterocycles. The molecule has 76 valence electrons. The lowest BCUT2D eigenvalue weighted by Crippen LogP contribution is -2.04. The Kier molecular flexibility index (Phi) is 2.63. The Morgan fingerprint density at radius 3 is 2.64 bits per heavy atom. The van der Waals surface area contributed by atoms with Crippen molar-refractivity contribution in [2.45, 2.75) is 17.7 Å². The van der Waals surface area contributed by atoms with Gasteiger partial charge in [0.15, 0.2) is 0 Å². The summed E-state index contributed by atoms with van der Waals surface area (Å²) >= 11 is 11.8. The molecule has 0 radical (unpaired) electrons. The molecular weight excluding hydrogens is 219 g/mol. The van der Waals surface area contributed by atoms with Crippen LogP contribution in [0.15, 0.2) is 24.3 Å². The van der Waals surface area contributed by atoms with E-state index < -0.39 is 4.33 Å². The smallest absolute Gasteiger partial charge is 0.125 e. The Morgan fingerprint density at radius 2 is 2.07 bits per heavy atom. The van der Waals surface area contributed by atoms with Crippen molar-refractivity contribution in [1.82, 2.24) is 0 Å². The molecule has 0 aromatic heterocycles. The van der Waals surface area contributed by atoms with Crippen LogP contribution in [-0.2, 0) is 0 Å². The van der Waals surface area contributed by atoms with Crippen LogP contribution in [0.1, 0.15) is 12.0 Å². The van der Waals surface area contributed by atoms with E-state index >= 15 is 0 Å². The minimum absolute atomic E-state index is 0.283. The van der Waals surface area contributed by atoms with Gasteiger partial charge in [-0.2, -0.15) is 0 Å². The second-order valence-corrected chi connectivity index (χ2v) is 5.28. The maximum Gasteiger partial charge on any atom is 0.125 e. The minimum atomic E-state index is -0.539. The predicted octanol–water partition coefficient (Wildman–Crippen LogP) is 3.57. The van der Waals surface area contributed by atoms with Crippen molar-refractivity contribution in [3.05, 3.63) is 29.8 Å². The minimum Gasteiger partial charge on any atom is -0.493 e. The van der Waals surface area contributed by atoms with Crippen LogP contribution < -0.4 is 4.74 Å². The summed E-state index contributed by atoms with van der Waals surface area (Å²) in [7, 11) is 0. The van der Waals surface area contributed by atoms with Crippen molar-refractivity contribution < 1.29 is 4.74 Å². The summed E-state index contributed by atoms with van der Waals surface area (Å²) in [6, 6.07) is 7.94. The standard InChI is InChI=1S/C11H12Cl2O/c1-8-4-2-3-5-10(8)14-7-9-6-11(9,12)13/h2-5,9H,6-7H2,1H3. The third kappa shape index (κ3) is 2.15. The SMILES string of the molecule is Cc1ccccc1OCC1CC1(Cl)Cl. The molecule has 1 nitrogen and oxygen atoms in total. The average Bonchev–Trinajstić information content (AvgIpc) is 2.73. The highest BCUT2D eigenvalue weighted by Gasteiger charge is 2.52. The third-order valence-corrected chi connectivity index (χ3v) is 3.42. The summed E-state index contributed by atoms with van der Waals surface area (Å²) in [4.78, 5) is 0. The van der Waals surface area contributed by atoms with E-state index in [2.05, 4.69) is 0 Å². The summed E-state index contributed by atoms with van der Waals surface area (Å²) < 4.78 is 5.09. The molecule has 1 aliphatic carbocycles. The van der Waals surface area contributed by atoms with E-state index in [9.17, 15) is 0 Å². The molecule has 2 rings (SSSR count). The molecule has 1 aliphatic rings. The van der Waals surface area contributed by atoms with Crippen molar-refractivity contribution in [3.8, 4) is 5.75 Å². The molecule has 0 aliphatic heterocycles. The summed E-state index contributed by atoms with van der Waals surface area (Å²) in [5.74, 6) is 1.20. The summed E-state index contributed by atoms with van der Waals surface area (Å²) in [5.41, 5.74) is 1.14. The van der Waals surface area contributed by atoms with E-state index in [-0.39, 0.29) is 5.92 Å². The van der Waals surface area contributed by atoms with E-state index in [0.29, 0.717) is 6.61 Å². The van der Waals surface area contributed by atoms with Gasteiger partial charge >= 0.3 is 0 Å². The maximum absolute atomic E-state index is 5.90. The number of para-hydroxylation sites is 1. The highest BCUT2D eigenvalue weighted by atomic mass is 35.5. The van der Waals surface area contributed by atoms with Gasteiger partial charge in [0.1, 0.15) is 10.1 Å². The van der Waals surface area contributed by atoms with Gasteiger partial charge < -0.3 is 4.74 Å². The number of benzene rings is 1. The van der Waals surface area contributed by atoms with E-state index in [1.165, 1.54) is 0 Å². The maximum atomic E-state index is 5.90. The lowest BCUT2D eigenvalue weighted by atomic mass is 10.2. The number of ether oxygens (including phenoxy) is 1. The third-order valence-electron chi connectivity index (χ3n) is 2.49. The molecule has 0 spiro atoms. The molecule has 1 aromatic carbocycles. The summed E-state index contributed by atoms with van der Waals surface area (Å²) in [6.45, 7) is 2.63. The Balaban J connectivity index is 1.90. The molecule has 0 amide bonds. The molecule has 0 heterocycles. The second-order valence-electron chi connectivity index (χ2n) is 3.74. The molecule has 1 unspecified atom stereocenters. The van der Waals surface area contributed by atoms with Gasteiger partial charge in [-0.25, -0.2) is 0 Å². The van der Waals surface area contributed by atoms with Gasteiger partial charge in [0.2, 0.25) is 0 Å². The van der Waals surface area contributed by atoms with Gasteiger partial charge in [-0.05, 0) is 25.0 Å². The molecule has 1 atom stereocenters. The van der Waals surface area contributed by atoms with Crippen LogP contribution in [0.3, 0.4) is 0 Å². The predicted molar refractivity (Wildman–Crippen MR) is 59.2 cm³/mol. The Morgan fingerprint density at radius 1 is 1.43 bits per heavy atom. The number of hydrogen-bond acceptors (Lipinski definition) is 1. The molecule has 1 saturated carbocycles. The summed E-state index contributed by atoms with van der Waals surface area (Å²) in [6.07, 6.45) is 0.835. The first-order chi connectivity index (χ1) is 6.59.